The van der Waals surface area contributed by atoms with E-state index in [0.717, 1.165) is 19.3 Å². The molecule has 0 saturated heterocycles. The van der Waals surface area contributed by atoms with E-state index in [9.17, 15) is 0 Å². The molecule has 0 fully saturated rings. The lowest BCUT2D eigenvalue weighted by Crippen LogP contribution is -2.16. The van der Waals surface area contributed by atoms with Crippen molar-refractivity contribution in [1.82, 2.24) is 0 Å². The molecule has 7 aromatic carbocycles. The zero-order valence-corrected chi connectivity index (χ0v) is 36.1. The van der Waals surface area contributed by atoms with Crippen LogP contribution in [-0.2, 0) is 6.42 Å². The topological polar surface area (TPSA) is 6.48 Å². The molecular formula is C54H57IN2. The molecule has 0 saturated carbocycles. The molecule has 0 amide bonds. The van der Waals surface area contributed by atoms with Gasteiger partial charge in [-0.1, -0.05) is 179 Å². The van der Waals surface area contributed by atoms with Crippen LogP contribution in [0.5, 0.6) is 0 Å². The number of para-hydroxylation sites is 1. The van der Waals surface area contributed by atoms with Crippen molar-refractivity contribution in [3.05, 3.63) is 162 Å². The van der Waals surface area contributed by atoms with E-state index in [1.54, 1.807) is 0 Å². The molecule has 0 aliphatic heterocycles. The van der Waals surface area contributed by atoms with Crippen molar-refractivity contribution in [3.8, 4) is 0 Å². The Bertz CT molecular complexity index is 2430. The molecule has 57 heavy (non-hydrogen) atoms. The summed E-state index contributed by atoms with van der Waals surface area (Å²) in [5, 5.41) is 7.76. The fraction of sp³-hybridized carbons (Fsp3) is 0.296. The second-order valence-electron chi connectivity index (χ2n) is 15.9. The number of halogens is 1. The number of rotatable bonds is 18. The first kappa shape index (κ1) is 39.2. The lowest BCUT2D eigenvalue weighted by Gasteiger charge is -2.30. The van der Waals surface area contributed by atoms with Gasteiger partial charge < -0.3 is 9.80 Å². The van der Waals surface area contributed by atoms with Crippen LogP contribution in [0.25, 0.3) is 32.3 Å². The van der Waals surface area contributed by atoms with Crippen molar-refractivity contribution in [2.45, 2.75) is 101 Å². The van der Waals surface area contributed by atoms with Crippen LogP contribution >= 0.6 is 22.6 Å². The SMILES string of the molecule is CCCCCCCCc1ccc(N(c2ccccc2)c2ccc3ccc4c(N(C5=CCCC=C5)c5ccc(C(I)CCCCC)cc5)ccc5ccc2c3c54)cc1. The molecule has 2 nitrogen and oxygen atoms in total. The number of allylic oxidation sites excluding steroid dienone is 3. The van der Waals surface area contributed by atoms with Crippen molar-refractivity contribution in [3.63, 3.8) is 0 Å². The first-order valence-corrected chi connectivity index (χ1v) is 22.9. The molecular weight excluding hydrogens is 804 g/mol. The fourth-order valence-corrected chi connectivity index (χ4v) is 9.71. The Labute approximate surface area is 354 Å². The van der Waals surface area contributed by atoms with Crippen LogP contribution in [0.15, 0.2) is 151 Å². The number of hydrogen-bond donors (Lipinski definition) is 0. The van der Waals surface area contributed by atoms with Crippen molar-refractivity contribution in [2.24, 2.45) is 0 Å². The van der Waals surface area contributed by atoms with Crippen LogP contribution in [0, 0.1) is 0 Å². The third kappa shape index (κ3) is 8.65. The molecule has 0 heterocycles. The summed E-state index contributed by atoms with van der Waals surface area (Å²) in [6.07, 6.45) is 23.4. The lowest BCUT2D eigenvalue weighted by atomic mass is 9.91. The highest BCUT2D eigenvalue weighted by molar-refractivity contribution is 14.1. The second kappa shape index (κ2) is 18.8. The Morgan fingerprint density at radius 1 is 0.526 bits per heavy atom. The van der Waals surface area contributed by atoms with Gasteiger partial charge in [-0.05, 0) is 119 Å². The van der Waals surface area contributed by atoms with E-state index in [1.807, 2.05) is 0 Å². The second-order valence-corrected chi connectivity index (χ2v) is 17.4. The van der Waals surface area contributed by atoms with E-state index in [2.05, 4.69) is 192 Å². The molecule has 290 valence electrons. The summed E-state index contributed by atoms with van der Waals surface area (Å²) in [6.45, 7) is 4.57. The van der Waals surface area contributed by atoms with E-state index >= 15 is 0 Å². The Morgan fingerprint density at radius 2 is 1.09 bits per heavy atom. The van der Waals surface area contributed by atoms with Gasteiger partial charge in [-0.15, -0.1) is 0 Å². The van der Waals surface area contributed by atoms with Gasteiger partial charge in [-0.2, -0.15) is 0 Å². The van der Waals surface area contributed by atoms with Crippen LogP contribution in [0.2, 0.25) is 0 Å². The molecule has 0 N–H and O–H groups in total. The van der Waals surface area contributed by atoms with E-state index in [-0.39, 0.29) is 0 Å². The van der Waals surface area contributed by atoms with Gasteiger partial charge in [0.05, 0.1) is 11.4 Å². The summed E-state index contributed by atoms with van der Waals surface area (Å²) in [6, 6.07) is 48.4. The number of alkyl halides is 1. The van der Waals surface area contributed by atoms with Crippen LogP contribution in [-0.4, -0.2) is 0 Å². The van der Waals surface area contributed by atoms with E-state index < -0.39 is 0 Å². The number of anilines is 5. The van der Waals surface area contributed by atoms with Crippen LogP contribution < -0.4 is 9.80 Å². The third-order valence-electron chi connectivity index (χ3n) is 11.9. The largest absolute Gasteiger partial charge is 0.310 e. The molecule has 1 atom stereocenters. The smallest absolute Gasteiger partial charge is 0.0540 e. The molecule has 0 spiro atoms. The molecule has 0 bridgehead atoms. The molecule has 7 aromatic rings. The predicted octanol–water partition coefficient (Wildman–Crippen LogP) is 17.4. The first-order valence-electron chi connectivity index (χ1n) is 21.7. The first-order chi connectivity index (χ1) is 28.1. The summed E-state index contributed by atoms with van der Waals surface area (Å²) in [7, 11) is 0. The standard InChI is InChI=1S/C54H57IN2/c1-3-5-7-8-9-13-18-40-24-32-46(33-25-40)56(44-19-14-10-15-20-44)51-38-30-42-29-37-49-52(39-31-43-28-36-48(51)53(42)54(43)49)57(45-21-16-11-17-22-45)47-34-26-41(27-35-47)50(55)23-12-6-4-2/h10,14-16,19-22,24-39,50H,3-9,11-13,17-18,23H2,1-2H3. The number of aryl methyl sites for hydroxylation is 1. The quantitative estimate of drug-likeness (QED) is 0.0367. The number of benzene rings is 7. The van der Waals surface area contributed by atoms with Gasteiger partial charge >= 0.3 is 0 Å². The molecule has 1 aliphatic carbocycles. The third-order valence-corrected chi connectivity index (χ3v) is 13.3. The highest BCUT2D eigenvalue weighted by Gasteiger charge is 2.22. The average molecular weight is 861 g/mol. The highest BCUT2D eigenvalue weighted by atomic mass is 127. The minimum atomic E-state index is 0.535. The minimum Gasteiger partial charge on any atom is -0.310 e. The van der Waals surface area contributed by atoms with Crippen molar-refractivity contribution in [1.29, 1.82) is 0 Å². The zero-order chi connectivity index (χ0) is 39.0. The van der Waals surface area contributed by atoms with Gasteiger partial charge in [-0.3, -0.25) is 0 Å². The maximum absolute atomic E-state index is 2.64. The average Bonchev–Trinajstić information content (AvgIpc) is 3.26. The monoisotopic (exact) mass is 860 g/mol. The summed E-state index contributed by atoms with van der Waals surface area (Å²) in [5.74, 6) is 0. The van der Waals surface area contributed by atoms with Gasteiger partial charge in [0.15, 0.2) is 0 Å². The lowest BCUT2D eigenvalue weighted by molar-refractivity contribution is 0.607. The van der Waals surface area contributed by atoms with Gasteiger partial charge in [-0.25, -0.2) is 0 Å². The summed E-state index contributed by atoms with van der Waals surface area (Å²) >= 11 is 2.64. The molecule has 0 aromatic heterocycles. The molecule has 1 unspecified atom stereocenters. The van der Waals surface area contributed by atoms with Gasteiger partial charge in [0.2, 0.25) is 0 Å². The zero-order valence-electron chi connectivity index (χ0n) is 33.9. The van der Waals surface area contributed by atoms with E-state index in [4.69, 9.17) is 0 Å². The van der Waals surface area contributed by atoms with Gasteiger partial charge in [0, 0.05) is 37.5 Å². The molecule has 8 rings (SSSR count). The molecule has 1 aliphatic rings. The van der Waals surface area contributed by atoms with Crippen LogP contribution in [0.3, 0.4) is 0 Å². The van der Waals surface area contributed by atoms with Crippen LogP contribution in [0.4, 0.5) is 28.4 Å². The van der Waals surface area contributed by atoms with E-state index in [1.165, 1.54) is 142 Å². The minimum absolute atomic E-state index is 0.535. The van der Waals surface area contributed by atoms with Crippen molar-refractivity contribution >= 4 is 83.3 Å². The summed E-state index contributed by atoms with van der Waals surface area (Å²) in [5.41, 5.74) is 10.1. The Kier molecular flexibility index (Phi) is 12.9. The molecule has 0 radical (unpaired) electrons. The van der Waals surface area contributed by atoms with Crippen LogP contribution in [0.1, 0.15) is 106 Å². The maximum Gasteiger partial charge on any atom is 0.0540 e. The Morgan fingerprint density at radius 3 is 1.74 bits per heavy atom. The number of nitrogens with zero attached hydrogens (tertiary/aromatic N) is 2. The summed E-state index contributed by atoms with van der Waals surface area (Å²) < 4.78 is 0.535. The van der Waals surface area contributed by atoms with Gasteiger partial charge in [0.1, 0.15) is 0 Å². The highest BCUT2D eigenvalue weighted by Crippen LogP contribution is 2.47. The van der Waals surface area contributed by atoms with Crippen molar-refractivity contribution < 1.29 is 0 Å². The maximum atomic E-state index is 2.64. The number of unbranched alkanes of at least 4 members (excludes halogenated alkanes) is 7. The summed E-state index contributed by atoms with van der Waals surface area (Å²) in [4.78, 5) is 4.95. The van der Waals surface area contributed by atoms with E-state index in [0.29, 0.717) is 3.92 Å². The normalized spacial score (nSPS) is 13.4. The van der Waals surface area contributed by atoms with Gasteiger partial charge in [0.25, 0.3) is 0 Å². The van der Waals surface area contributed by atoms with Crippen molar-refractivity contribution in [2.75, 3.05) is 9.80 Å². The molecule has 3 heteroatoms. The fourth-order valence-electron chi connectivity index (χ4n) is 8.85. The Balaban J connectivity index is 1.20. The predicted molar refractivity (Wildman–Crippen MR) is 258 cm³/mol. The Hall–Kier alpha value is -4.61. The number of hydrogen-bond acceptors (Lipinski definition) is 2.